The molecule has 1 aromatic carbocycles. The van der Waals surface area contributed by atoms with Crippen molar-refractivity contribution >= 4 is 27.3 Å². The van der Waals surface area contributed by atoms with Gasteiger partial charge in [0.15, 0.2) is 0 Å². The number of halogens is 1. The first kappa shape index (κ1) is 12.8. The highest BCUT2D eigenvalue weighted by Crippen LogP contribution is 2.32. The Morgan fingerprint density at radius 1 is 1.18 bits per heavy atom. The van der Waals surface area contributed by atoms with Crippen LogP contribution in [-0.2, 0) is 6.54 Å². The summed E-state index contributed by atoms with van der Waals surface area (Å²) in [4.78, 5) is 2.72. The number of benzene rings is 1. The summed E-state index contributed by atoms with van der Waals surface area (Å²) in [5.41, 5.74) is 3.91. The van der Waals surface area contributed by atoms with Gasteiger partial charge in [0.05, 0.1) is 0 Å². The third kappa shape index (κ3) is 2.79. The maximum absolute atomic E-state index is 3.61. The minimum absolute atomic E-state index is 0.944. The Labute approximate surface area is 115 Å². The van der Waals surface area contributed by atoms with Crippen molar-refractivity contribution in [3.05, 3.63) is 44.7 Å². The van der Waals surface area contributed by atoms with E-state index in [1.165, 1.54) is 30.9 Å². The van der Waals surface area contributed by atoms with Crippen LogP contribution in [0.5, 0.6) is 0 Å². The monoisotopic (exact) mass is 309 g/mol. The van der Waals surface area contributed by atoms with Gasteiger partial charge in [-0.05, 0) is 61.9 Å². The molecule has 0 saturated heterocycles. The lowest BCUT2D eigenvalue weighted by atomic mass is 10.1. The van der Waals surface area contributed by atoms with Gasteiger partial charge < -0.3 is 5.32 Å². The highest BCUT2D eigenvalue weighted by atomic mass is 79.9. The largest absolute Gasteiger partial charge is 0.315 e. The summed E-state index contributed by atoms with van der Waals surface area (Å²) in [5.74, 6) is 0. The zero-order chi connectivity index (χ0) is 12.4. The average Bonchev–Trinajstić information content (AvgIpc) is 2.74. The van der Waals surface area contributed by atoms with Crippen molar-refractivity contribution in [1.82, 2.24) is 5.32 Å². The number of rotatable bonds is 3. The second kappa shape index (κ2) is 5.34. The quantitative estimate of drug-likeness (QED) is 0.879. The summed E-state index contributed by atoms with van der Waals surface area (Å²) in [6.07, 6.45) is 0. The lowest BCUT2D eigenvalue weighted by molar-refractivity contribution is 0.831. The molecule has 0 spiro atoms. The van der Waals surface area contributed by atoms with Gasteiger partial charge in [0, 0.05) is 20.8 Å². The van der Waals surface area contributed by atoms with Crippen LogP contribution in [0.15, 0.2) is 28.7 Å². The predicted molar refractivity (Wildman–Crippen MR) is 79.7 cm³/mol. The van der Waals surface area contributed by atoms with Crippen molar-refractivity contribution in [3.8, 4) is 10.4 Å². The Hall–Kier alpha value is -0.640. The molecule has 1 N–H and O–H groups in total. The zero-order valence-electron chi connectivity index (χ0n) is 10.3. The Morgan fingerprint density at radius 3 is 2.41 bits per heavy atom. The summed E-state index contributed by atoms with van der Waals surface area (Å²) < 4.78 is 1.22. The molecule has 0 unspecified atom stereocenters. The molecule has 0 radical (unpaired) electrons. The van der Waals surface area contributed by atoms with Gasteiger partial charge in [-0.2, -0.15) is 0 Å². The molecule has 0 amide bonds. The van der Waals surface area contributed by atoms with E-state index in [1.54, 1.807) is 0 Å². The summed E-state index contributed by atoms with van der Waals surface area (Å²) in [6.45, 7) is 5.23. The topological polar surface area (TPSA) is 12.0 Å². The average molecular weight is 310 g/mol. The van der Waals surface area contributed by atoms with Crippen LogP contribution in [-0.4, -0.2) is 7.05 Å². The summed E-state index contributed by atoms with van der Waals surface area (Å²) >= 11 is 5.47. The van der Waals surface area contributed by atoms with E-state index in [9.17, 15) is 0 Å². The van der Waals surface area contributed by atoms with Crippen LogP contribution in [0.1, 0.15) is 16.0 Å². The van der Waals surface area contributed by atoms with E-state index in [2.05, 4.69) is 59.4 Å². The van der Waals surface area contributed by atoms with E-state index in [0.29, 0.717) is 0 Å². The highest BCUT2D eigenvalue weighted by Gasteiger charge is 2.06. The molecule has 0 fully saturated rings. The van der Waals surface area contributed by atoms with Crippen molar-refractivity contribution in [1.29, 1.82) is 0 Å². The van der Waals surface area contributed by atoms with E-state index in [0.717, 1.165) is 6.54 Å². The van der Waals surface area contributed by atoms with Crippen molar-refractivity contribution < 1.29 is 0 Å². The van der Waals surface area contributed by atoms with Gasteiger partial charge in [0.2, 0.25) is 0 Å². The lowest BCUT2D eigenvalue weighted by Crippen LogP contribution is -2.02. The van der Waals surface area contributed by atoms with E-state index in [4.69, 9.17) is 0 Å². The molecule has 0 aliphatic rings. The molecule has 0 atom stereocenters. The number of aryl methyl sites for hydroxylation is 2. The minimum Gasteiger partial charge on any atom is -0.315 e. The second-order valence-corrected chi connectivity index (χ2v) is 6.18. The molecule has 1 aromatic heterocycles. The molecule has 0 saturated carbocycles. The van der Waals surface area contributed by atoms with E-state index < -0.39 is 0 Å². The Morgan fingerprint density at radius 2 is 1.82 bits per heavy atom. The summed E-state index contributed by atoms with van der Waals surface area (Å²) in [7, 11) is 1.98. The van der Waals surface area contributed by atoms with Crippen molar-refractivity contribution in [2.24, 2.45) is 0 Å². The van der Waals surface area contributed by atoms with Gasteiger partial charge in [0.1, 0.15) is 0 Å². The molecule has 2 aromatic rings. The lowest BCUT2D eigenvalue weighted by Gasteiger charge is -2.06. The maximum Gasteiger partial charge on any atom is 0.0346 e. The minimum atomic E-state index is 0.944. The van der Waals surface area contributed by atoms with Crippen LogP contribution >= 0.6 is 27.3 Å². The van der Waals surface area contributed by atoms with Crippen LogP contribution < -0.4 is 5.32 Å². The molecule has 0 aliphatic carbocycles. The molecule has 1 nitrogen and oxygen atoms in total. The van der Waals surface area contributed by atoms with E-state index >= 15 is 0 Å². The fourth-order valence-electron chi connectivity index (χ4n) is 1.89. The summed E-state index contributed by atoms with van der Waals surface area (Å²) in [6, 6.07) is 8.89. The molecule has 90 valence electrons. The smallest absolute Gasteiger partial charge is 0.0346 e. The fourth-order valence-corrected chi connectivity index (χ4v) is 3.13. The van der Waals surface area contributed by atoms with Crippen LogP contribution in [0.2, 0.25) is 0 Å². The molecule has 0 bridgehead atoms. The van der Waals surface area contributed by atoms with Gasteiger partial charge in [-0.25, -0.2) is 0 Å². The number of thiophene rings is 1. The molecule has 17 heavy (non-hydrogen) atoms. The van der Waals surface area contributed by atoms with Gasteiger partial charge in [-0.3, -0.25) is 0 Å². The van der Waals surface area contributed by atoms with Crippen molar-refractivity contribution in [2.75, 3.05) is 7.05 Å². The van der Waals surface area contributed by atoms with Gasteiger partial charge in [-0.15, -0.1) is 11.3 Å². The van der Waals surface area contributed by atoms with Gasteiger partial charge >= 0.3 is 0 Å². The van der Waals surface area contributed by atoms with Gasteiger partial charge in [-0.1, -0.05) is 15.9 Å². The molecule has 3 heteroatoms. The van der Waals surface area contributed by atoms with Crippen molar-refractivity contribution in [2.45, 2.75) is 20.4 Å². The SMILES string of the molecule is CNCc1ccc(-c2cc(C)c(Br)c(C)c2)s1. The maximum atomic E-state index is 3.61. The number of hydrogen-bond acceptors (Lipinski definition) is 2. The fraction of sp³-hybridized carbons (Fsp3) is 0.286. The van der Waals surface area contributed by atoms with Crippen molar-refractivity contribution in [3.63, 3.8) is 0 Å². The van der Waals surface area contributed by atoms with E-state index in [-0.39, 0.29) is 0 Å². The number of nitrogens with one attached hydrogen (secondary N) is 1. The highest BCUT2D eigenvalue weighted by molar-refractivity contribution is 9.10. The van der Waals surface area contributed by atoms with Crippen LogP contribution in [0.25, 0.3) is 10.4 Å². The standard InChI is InChI=1S/C14H16BrNS/c1-9-6-11(7-10(2)14(9)15)13-5-4-12(17-13)8-16-3/h4-7,16H,8H2,1-3H3. The molecule has 0 aliphatic heterocycles. The first-order chi connectivity index (χ1) is 8.11. The van der Waals surface area contributed by atoms with Crippen LogP contribution in [0.4, 0.5) is 0 Å². The van der Waals surface area contributed by atoms with Gasteiger partial charge in [0.25, 0.3) is 0 Å². The summed E-state index contributed by atoms with van der Waals surface area (Å²) in [5, 5.41) is 3.18. The predicted octanol–water partition coefficient (Wildman–Crippen LogP) is 4.51. The van der Waals surface area contributed by atoms with Crippen LogP contribution in [0.3, 0.4) is 0 Å². The first-order valence-electron chi connectivity index (χ1n) is 5.62. The zero-order valence-corrected chi connectivity index (χ0v) is 12.7. The second-order valence-electron chi connectivity index (χ2n) is 4.22. The normalized spacial score (nSPS) is 10.8. The third-order valence-electron chi connectivity index (χ3n) is 2.73. The first-order valence-corrected chi connectivity index (χ1v) is 7.23. The third-order valence-corrected chi connectivity index (χ3v) is 5.12. The molecule has 2 rings (SSSR count). The number of hydrogen-bond donors (Lipinski definition) is 1. The van der Waals surface area contributed by atoms with E-state index in [1.807, 2.05) is 18.4 Å². The Bertz CT molecular complexity index is 508. The Balaban J connectivity index is 2.39. The molecular formula is C14H16BrNS. The molecule has 1 heterocycles. The Kier molecular flexibility index (Phi) is 4.02. The molecular weight excluding hydrogens is 294 g/mol. The van der Waals surface area contributed by atoms with Crippen LogP contribution in [0, 0.1) is 13.8 Å².